The Morgan fingerprint density at radius 2 is 1.75 bits per heavy atom. The summed E-state index contributed by atoms with van der Waals surface area (Å²) in [5, 5.41) is 5.43. The van der Waals surface area contributed by atoms with Gasteiger partial charge in [0.25, 0.3) is 5.91 Å². The van der Waals surface area contributed by atoms with Gasteiger partial charge in [-0.05, 0) is 55.5 Å². The van der Waals surface area contributed by atoms with E-state index in [2.05, 4.69) is 5.32 Å². The maximum Gasteiger partial charge on any atom is 0.339 e. The molecule has 4 aromatic carbocycles. The second-order valence-electron chi connectivity index (χ2n) is 8.81. The van der Waals surface area contributed by atoms with Crippen molar-refractivity contribution >= 4 is 49.9 Å². The number of nitrogens with zero attached hydrogens (tertiary/aromatic N) is 1. The largest absolute Gasteiger partial charge is 0.449 e. The van der Waals surface area contributed by atoms with Crippen molar-refractivity contribution in [1.29, 1.82) is 0 Å². The minimum Gasteiger partial charge on any atom is -0.449 e. The molecule has 5 rings (SSSR count). The zero-order valence-corrected chi connectivity index (χ0v) is 21.2. The molecule has 0 aliphatic carbocycles. The number of hydrogen-bond acceptors (Lipinski definition) is 5. The van der Waals surface area contributed by atoms with Crippen LogP contribution < -0.4 is 5.32 Å². The molecule has 0 radical (unpaired) electrons. The molecule has 6 heteroatoms. The number of thiazole rings is 1. The Kier molecular flexibility index (Phi) is 6.53. The van der Waals surface area contributed by atoms with Gasteiger partial charge in [0.2, 0.25) is 0 Å². The van der Waals surface area contributed by atoms with Crippen molar-refractivity contribution in [1.82, 2.24) is 4.98 Å². The minimum absolute atomic E-state index is 0.343. The van der Waals surface area contributed by atoms with Gasteiger partial charge in [0, 0.05) is 16.6 Å². The van der Waals surface area contributed by atoms with Crippen LogP contribution in [0.5, 0.6) is 0 Å². The fraction of sp³-hybridized carbons (Fsp3) is 0.167. The summed E-state index contributed by atoms with van der Waals surface area (Å²) in [5.74, 6) is -0.874. The molecule has 0 fully saturated rings. The minimum atomic E-state index is -0.914. The molecular formula is C30H26N2O3S. The lowest BCUT2D eigenvalue weighted by Crippen LogP contribution is -2.32. The molecule has 1 unspecified atom stereocenters. The number of fused-ring (bicyclic) bond motifs is 2. The van der Waals surface area contributed by atoms with Gasteiger partial charge in [-0.3, -0.25) is 4.79 Å². The molecule has 0 aliphatic heterocycles. The molecule has 180 valence electrons. The van der Waals surface area contributed by atoms with E-state index in [1.54, 1.807) is 17.4 Å². The van der Waals surface area contributed by atoms with E-state index >= 15 is 0 Å². The van der Waals surface area contributed by atoms with E-state index in [9.17, 15) is 9.59 Å². The first-order chi connectivity index (χ1) is 17.4. The van der Waals surface area contributed by atoms with E-state index in [0.717, 1.165) is 42.7 Å². The summed E-state index contributed by atoms with van der Waals surface area (Å²) in [7, 11) is 0. The molecule has 1 N–H and O–H groups in total. The van der Waals surface area contributed by atoms with Crippen molar-refractivity contribution in [3.8, 4) is 10.6 Å². The van der Waals surface area contributed by atoms with Gasteiger partial charge < -0.3 is 10.1 Å². The Morgan fingerprint density at radius 3 is 2.50 bits per heavy atom. The number of benzene rings is 4. The van der Waals surface area contributed by atoms with Gasteiger partial charge >= 0.3 is 5.97 Å². The molecule has 1 aromatic heterocycles. The van der Waals surface area contributed by atoms with Crippen molar-refractivity contribution in [2.24, 2.45) is 0 Å². The van der Waals surface area contributed by atoms with Gasteiger partial charge in [0.15, 0.2) is 6.10 Å². The van der Waals surface area contributed by atoms with Crippen molar-refractivity contribution in [2.75, 3.05) is 5.32 Å². The van der Waals surface area contributed by atoms with Gasteiger partial charge in [0.05, 0.1) is 15.8 Å². The van der Waals surface area contributed by atoms with Gasteiger partial charge in [-0.1, -0.05) is 67.1 Å². The van der Waals surface area contributed by atoms with E-state index in [1.165, 1.54) is 0 Å². The summed E-state index contributed by atoms with van der Waals surface area (Å²) in [6.45, 7) is 5.77. The maximum absolute atomic E-state index is 13.4. The SMILES string of the molecule is CCC(OC(=O)c1cccc2cccc(-c3nc4ccccc4s3)c12)C(=O)Nc1ccc(C)cc1C. The third-order valence-corrected chi connectivity index (χ3v) is 7.27. The predicted molar refractivity (Wildman–Crippen MR) is 147 cm³/mol. The average molecular weight is 495 g/mol. The van der Waals surface area contributed by atoms with Crippen LogP contribution in [0.2, 0.25) is 0 Å². The summed E-state index contributed by atoms with van der Waals surface area (Å²) >= 11 is 1.59. The van der Waals surface area contributed by atoms with E-state index in [1.807, 2.05) is 93.6 Å². The topological polar surface area (TPSA) is 68.3 Å². The van der Waals surface area contributed by atoms with E-state index in [-0.39, 0.29) is 5.91 Å². The van der Waals surface area contributed by atoms with Crippen LogP contribution in [-0.2, 0) is 9.53 Å². The number of ether oxygens (including phenoxy) is 1. The highest BCUT2D eigenvalue weighted by Gasteiger charge is 2.25. The average Bonchev–Trinajstić information content (AvgIpc) is 3.32. The van der Waals surface area contributed by atoms with Crippen LogP contribution in [-0.4, -0.2) is 23.0 Å². The second kappa shape index (κ2) is 9.91. The van der Waals surface area contributed by atoms with Crippen molar-refractivity contribution in [3.63, 3.8) is 0 Å². The van der Waals surface area contributed by atoms with Gasteiger partial charge in [-0.2, -0.15) is 0 Å². The van der Waals surface area contributed by atoms with Crippen LogP contribution in [0.25, 0.3) is 31.6 Å². The zero-order chi connectivity index (χ0) is 25.2. The lowest BCUT2D eigenvalue weighted by molar-refractivity contribution is -0.124. The van der Waals surface area contributed by atoms with Crippen LogP contribution in [0.4, 0.5) is 5.69 Å². The van der Waals surface area contributed by atoms with Gasteiger partial charge in [-0.25, -0.2) is 9.78 Å². The molecule has 5 aromatic rings. The third kappa shape index (κ3) is 4.60. The predicted octanol–water partition coefficient (Wildman–Crippen LogP) is 7.31. The highest BCUT2D eigenvalue weighted by Crippen LogP contribution is 2.36. The lowest BCUT2D eigenvalue weighted by atomic mass is 9.99. The second-order valence-corrected chi connectivity index (χ2v) is 9.84. The standard InChI is InChI=1S/C30H26N2O3S/c1-4-25(28(33)31-23-16-15-18(2)17-19(23)3)35-30(34)22-12-8-10-20-9-7-11-21(27(20)22)29-32-24-13-5-6-14-26(24)36-29/h5-17,25H,4H2,1-3H3,(H,31,33). The van der Waals surface area contributed by atoms with Crippen molar-refractivity contribution in [3.05, 3.63) is 95.6 Å². The first-order valence-corrected chi connectivity index (χ1v) is 12.7. The highest BCUT2D eigenvalue weighted by atomic mass is 32.1. The molecule has 0 aliphatic rings. The third-order valence-electron chi connectivity index (χ3n) is 6.20. The van der Waals surface area contributed by atoms with E-state index in [4.69, 9.17) is 9.72 Å². The summed E-state index contributed by atoms with van der Waals surface area (Å²) in [4.78, 5) is 31.2. The number of carbonyl (C=O) groups is 2. The lowest BCUT2D eigenvalue weighted by Gasteiger charge is -2.18. The zero-order valence-electron chi connectivity index (χ0n) is 20.4. The fourth-order valence-corrected chi connectivity index (χ4v) is 5.36. The van der Waals surface area contributed by atoms with E-state index < -0.39 is 12.1 Å². The van der Waals surface area contributed by atoms with Gasteiger partial charge in [-0.15, -0.1) is 11.3 Å². The summed E-state index contributed by atoms with van der Waals surface area (Å²) in [6, 6.07) is 25.2. The molecule has 1 atom stereocenters. The summed E-state index contributed by atoms with van der Waals surface area (Å²) in [6.07, 6.45) is -0.555. The number of aromatic nitrogens is 1. The number of hydrogen-bond donors (Lipinski definition) is 1. The number of esters is 1. The highest BCUT2D eigenvalue weighted by molar-refractivity contribution is 7.21. The Bertz CT molecular complexity index is 1570. The van der Waals surface area contributed by atoms with Crippen LogP contribution in [0.15, 0.2) is 78.9 Å². The summed E-state index contributed by atoms with van der Waals surface area (Å²) in [5.41, 5.74) is 4.99. The number of nitrogens with one attached hydrogen (secondary N) is 1. The monoisotopic (exact) mass is 494 g/mol. The Hall–Kier alpha value is -4.03. The summed E-state index contributed by atoms with van der Waals surface area (Å²) < 4.78 is 6.86. The maximum atomic E-state index is 13.4. The van der Waals surface area contributed by atoms with Crippen LogP contribution in [0, 0.1) is 13.8 Å². The Balaban J connectivity index is 1.47. The molecule has 36 heavy (non-hydrogen) atoms. The molecule has 5 nitrogen and oxygen atoms in total. The van der Waals surface area contributed by atoms with Crippen LogP contribution in [0.3, 0.4) is 0 Å². The Labute approximate surface area is 213 Å². The first kappa shape index (κ1) is 23.7. The number of para-hydroxylation sites is 1. The molecule has 1 amide bonds. The van der Waals surface area contributed by atoms with Crippen LogP contribution in [0.1, 0.15) is 34.8 Å². The fourth-order valence-electron chi connectivity index (χ4n) is 4.36. The number of aryl methyl sites for hydroxylation is 2. The molecule has 0 saturated carbocycles. The Morgan fingerprint density at radius 1 is 0.972 bits per heavy atom. The number of carbonyl (C=O) groups excluding carboxylic acids is 2. The molecular weight excluding hydrogens is 468 g/mol. The van der Waals surface area contributed by atoms with Crippen molar-refractivity contribution < 1.29 is 14.3 Å². The molecule has 1 heterocycles. The first-order valence-electron chi connectivity index (χ1n) is 11.9. The smallest absolute Gasteiger partial charge is 0.339 e. The normalized spacial score (nSPS) is 12.0. The number of rotatable bonds is 6. The van der Waals surface area contributed by atoms with Crippen LogP contribution >= 0.6 is 11.3 Å². The number of amides is 1. The number of anilines is 1. The molecule has 0 bridgehead atoms. The molecule has 0 spiro atoms. The van der Waals surface area contributed by atoms with Gasteiger partial charge in [0.1, 0.15) is 5.01 Å². The van der Waals surface area contributed by atoms with E-state index in [0.29, 0.717) is 17.7 Å². The van der Waals surface area contributed by atoms with Crippen molar-refractivity contribution in [2.45, 2.75) is 33.3 Å². The quantitative estimate of drug-likeness (QED) is 0.251. The molecule has 0 saturated heterocycles.